The Balaban J connectivity index is 2.24. The highest BCUT2D eigenvalue weighted by Gasteiger charge is 2.25. The molecule has 1 aliphatic heterocycles. The Bertz CT molecular complexity index is 464. The molecule has 3 N–H and O–H groups in total. The SMILES string of the molecule is CCC1CCCN1Cc1cccc([N+](=O)[O-])c1NN. The molecule has 1 aromatic carbocycles. The molecule has 0 bridgehead atoms. The largest absolute Gasteiger partial charge is 0.318 e. The average molecular weight is 264 g/mol. The van der Waals surface area contributed by atoms with Crippen LogP contribution in [-0.2, 0) is 6.54 Å². The predicted molar refractivity (Wildman–Crippen MR) is 74.6 cm³/mol. The Morgan fingerprint density at radius 1 is 1.58 bits per heavy atom. The zero-order chi connectivity index (χ0) is 13.8. The zero-order valence-electron chi connectivity index (χ0n) is 11.1. The van der Waals surface area contributed by atoms with Crippen molar-refractivity contribution in [2.75, 3.05) is 12.0 Å². The lowest BCUT2D eigenvalue weighted by Gasteiger charge is -2.24. The molecule has 1 aromatic rings. The van der Waals surface area contributed by atoms with Crippen LogP contribution in [0.3, 0.4) is 0 Å². The highest BCUT2D eigenvalue weighted by molar-refractivity contribution is 5.65. The van der Waals surface area contributed by atoms with Gasteiger partial charge < -0.3 is 5.43 Å². The number of nitro groups is 1. The molecule has 1 aliphatic rings. The van der Waals surface area contributed by atoms with Crippen LogP contribution in [0.2, 0.25) is 0 Å². The highest BCUT2D eigenvalue weighted by atomic mass is 16.6. The van der Waals surface area contributed by atoms with Gasteiger partial charge in [-0.15, -0.1) is 0 Å². The minimum Gasteiger partial charge on any atom is -0.318 e. The van der Waals surface area contributed by atoms with Crippen molar-refractivity contribution >= 4 is 11.4 Å². The number of anilines is 1. The van der Waals surface area contributed by atoms with Crippen LogP contribution in [0.4, 0.5) is 11.4 Å². The van der Waals surface area contributed by atoms with Crippen molar-refractivity contribution in [2.45, 2.75) is 38.8 Å². The molecule has 6 heteroatoms. The summed E-state index contributed by atoms with van der Waals surface area (Å²) in [6.07, 6.45) is 3.51. The van der Waals surface area contributed by atoms with Crippen LogP contribution in [0.25, 0.3) is 0 Å². The van der Waals surface area contributed by atoms with Crippen LogP contribution in [0.15, 0.2) is 18.2 Å². The van der Waals surface area contributed by atoms with Crippen molar-refractivity contribution in [3.05, 3.63) is 33.9 Å². The molecular weight excluding hydrogens is 244 g/mol. The Labute approximate surface area is 112 Å². The molecule has 0 aliphatic carbocycles. The first-order valence-corrected chi connectivity index (χ1v) is 6.64. The van der Waals surface area contributed by atoms with Crippen molar-refractivity contribution in [2.24, 2.45) is 5.84 Å². The fourth-order valence-electron chi connectivity index (χ4n) is 2.82. The third-order valence-electron chi connectivity index (χ3n) is 3.81. The molecule has 1 fully saturated rings. The third kappa shape index (κ3) is 2.85. The third-order valence-corrected chi connectivity index (χ3v) is 3.81. The fourth-order valence-corrected chi connectivity index (χ4v) is 2.82. The molecule has 104 valence electrons. The van der Waals surface area contributed by atoms with Gasteiger partial charge in [-0.25, -0.2) is 0 Å². The van der Waals surface area contributed by atoms with Gasteiger partial charge in [0.1, 0.15) is 5.69 Å². The Morgan fingerprint density at radius 2 is 2.37 bits per heavy atom. The molecule has 6 nitrogen and oxygen atoms in total. The predicted octanol–water partition coefficient (Wildman–Crippen LogP) is 2.25. The van der Waals surface area contributed by atoms with E-state index in [2.05, 4.69) is 17.2 Å². The number of nitrogens with zero attached hydrogens (tertiary/aromatic N) is 2. The maximum Gasteiger partial charge on any atom is 0.293 e. The van der Waals surface area contributed by atoms with E-state index in [0.717, 1.165) is 18.5 Å². The summed E-state index contributed by atoms with van der Waals surface area (Å²) in [6, 6.07) is 5.66. The van der Waals surface area contributed by atoms with Gasteiger partial charge in [0.05, 0.1) is 4.92 Å². The quantitative estimate of drug-likeness (QED) is 0.484. The van der Waals surface area contributed by atoms with Gasteiger partial charge in [0.25, 0.3) is 5.69 Å². The first-order valence-electron chi connectivity index (χ1n) is 6.64. The molecule has 0 saturated carbocycles. The van der Waals surface area contributed by atoms with E-state index in [0.29, 0.717) is 18.3 Å². The lowest BCUT2D eigenvalue weighted by molar-refractivity contribution is -0.384. The number of benzene rings is 1. The number of nitrogens with two attached hydrogens (primary N) is 1. The van der Waals surface area contributed by atoms with E-state index < -0.39 is 4.92 Å². The maximum absolute atomic E-state index is 11.0. The van der Waals surface area contributed by atoms with Crippen molar-refractivity contribution in [3.8, 4) is 0 Å². The van der Waals surface area contributed by atoms with Crippen LogP contribution in [0.1, 0.15) is 31.7 Å². The number of hydrazine groups is 1. The maximum atomic E-state index is 11.0. The van der Waals surface area contributed by atoms with Crippen LogP contribution < -0.4 is 11.3 Å². The summed E-state index contributed by atoms with van der Waals surface area (Å²) in [4.78, 5) is 13.0. The van der Waals surface area contributed by atoms with Gasteiger partial charge in [-0.2, -0.15) is 0 Å². The van der Waals surface area contributed by atoms with Crippen LogP contribution in [-0.4, -0.2) is 22.4 Å². The minimum atomic E-state index is -0.403. The first kappa shape index (κ1) is 13.8. The minimum absolute atomic E-state index is 0.0345. The number of nitrogen functional groups attached to an aromatic ring is 1. The average Bonchev–Trinajstić information content (AvgIpc) is 2.85. The Hall–Kier alpha value is -1.66. The summed E-state index contributed by atoms with van der Waals surface area (Å²) in [6.45, 7) is 3.93. The monoisotopic (exact) mass is 264 g/mol. The van der Waals surface area contributed by atoms with E-state index >= 15 is 0 Å². The number of rotatable bonds is 5. The van der Waals surface area contributed by atoms with Crippen LogP contribution >= 0.6 is 0 Å². The summed E-state index contributed by atoms with van der Waals surface area (Å²) < 4.78 is 0. The molecule has 1 heterocycles. The fraction of sp³-hybridized carbons (Fsp3) is 0.538. The highest BCUT2D eigenvalue weighted by Crippen LogP contribution is 2.30. The normalized spacial score (nSPS) is 19.6. The molecule has 1 saturated heterocycles. The molecule has 0 radical (unpaired) electrons. The van der Waals surface area contributed by atoms with E-state index in [4.69, 9.17) is 5.84 Å². The summed E-state index contributed by atoms with van der Waals surface area (Å²) in [5, 5.41) is 11.0. The number of nitrogens with one attached hydrogen (secondary N) is 1. The standard InChI is InChI=1S/C13H20N4O2/c1-2-11-6-4-8-16(11)9-10-5-3-7-12(17(18)19)13(10)15-14/h3,5,7,11,15H,2,4,6,8-9,14H2,1H3. The second-order valence-electron chi connectivity index (χ2n) is 4.89. The van der Waals surface area contributed by atoms with Gasteiger partial charge in [-0.05, 0) is 31.4 Å². The number of nitro benzene ring substituents is 1. The van der Waals surface area contributed by atoms with Crippen molar-refractivity contribution in [1.82, 2.24) is 4.90 Å². The van der Waals surface area contributed by atoms with Crippen LogP contribution in [0.5, 0.6) is 0 Å². The lowest BCUT2D eigenvalue weighted by Crippen LogP contribution is -2.29. The molecule has 0 aromatic heterocycles. The topological polar surface area (TPSA) is 84.4 Å². The van der Waals surface area contributed by atoms with E-state index in [1.165, 1.54) is 18.9 Å². The molecule has 1 unspecified atom stereocenters. The second-order valence-corrected chi connectivity index (χ2v) is 4.89. The van der Waals surface area contributed by atoms with E-state index in [9.17, 15) is 10.1 Å². The van der Waals surface area contributed by atoms with Crippen LogP contribution in [0, 0.1) is 10.1 Å². The number of likely N-dealkylation sites (tertiary alicyclic amines) is 1. The summed E-state index contributed by atoms with van der Waals surface area (Å²) in [5.41, 5.74) is 3.83. The van der Waals surface area contributed by atoms with Gasteiger partial charge in [0.15, 0.2) is 0 Å². The zero-order valence-corrected chi connectivity index (χ0v) is 11.1. The lowest BCUT2D eigenvalue weighted by atomic mass is 10.1. The Kier molecular flexibility index (Phi) is 4.34. The number of hydrogen-bond donors (Lipinski definition) is 2. The summed E-state index contributed by atoms with van der Waals surface area (Å²) >= 11 is 0. The molecule has 0 spiro atoms. The smallest absolute Gasteiger partial charge is 0.293 e. The van der Waals surface area contributed by atoms with E-state index in [1.54, 1.807) is 6.07 Å². The number of para-hydroxylation sites is 1. The van der Waals surface area contributed by atoms with Crippen molar-refractivity contribution < 1.29 is 4.92 Å². The van der Waals surface area contributed by atoms with E-state index in [1.807, 2.05) is 6.07 Å². The molecule has 1 atom stereocenters. The Morgan fingerprint density at radius 3 is 3.00 bits per heavy atom. The van der Waals surface area contributed by atoms with Gasteiger partial charge in [0.2, 0.25) is 0 Å². The summed E-state index contributed by atoms with van der Waals surface area (Å²) in [5.74, 6) is 5.46. The molecule has 19 heavy (non-hydrogen) atoms. The van der Waals surface area contributed by atoms with Gasteiger partial charge in [-0.1, -0.05) is 19.1 Å². The van der Waals surface area contributed by atoms with Gasteiger partial charge in [0, 0.05) is 18.7 Å². The molecule has 2 rings (SSSR count). The second kappa shape index (κ2) is 5.99. The first-order chi connectivity index (χ1) is 9.17. The summed E-state index contributed by atoms with van der Waals surface area (Å²) in [7, 11) is 0. The molecule has 0 amide bonds. The van der Waals surface area contributed by atoms with Gasteiger partial charge >= 0.3 is 0 Å². The van der Waals surface area contributed by atoms with E-state index in [-0.39, 0.29) is 5.69 Å². The number of hydrogen-bond acceptors (Lipinski definition) is 5. The van der Waals surface area contributed by atoms with Crippen molar-refractivity contribution in [1.29, 1.82) is 0 Å². The van der Waals surface area contributed by atoms with Gasteiger partial charge in [-0.3, -0.25) is 20.9 Å². The van der Waals surface area contributed by atoms with Crippen molar-refractivity contribution in [3.63, 3.8) is 0 Å². The molecular formula is C13H20N4O2.